The molecule has 0 amide bonds. The van der Waals surface area contributed by atoms with Gasteiger partial charge in [0.1, 0.15) is 0 Å². The molecule has 0 radical (unpaired) electrons. The molecular weight excluding hydrogens is 223 g/mol. The number of benzene rings is 1. The standard InChI is InChI=1S/C10H10O4.K/c1-14-9-6-7(2-4-8(9)11)3-5-10(12)13;/h2-6,11H,1H3,(H,12,13);/q;+1/p-1/b5-3+;. The molecule has 74 valence electrons. The van der Waals surface area contributed by atoms with Crippen LogP contribution >= 0.6 is 0 Å². The number of phenolic OH excluding ortho intramolecular Hbond substituents is 1. The minimum atomic E-state index is -1.27. The quantitative estimate of drug-likeness (QED) is 0.450. The first-order valence-electron chi connectivity index (χ1n) is 3.89. The predicted molar refractivity (Wildman–Crippen MR) is 48.7 cm³/mol. The summed E-state index contributed by atoms with van der Waals surface area (Å²) >= 11 is 0. The Bertz CT molecular complexity index is 374. The predicted octanol–water partition coefficient (Wildman–Crippen LogP) is -2.83. The van der Waals surface area contributed by atoms with Crippen LogP contribution in [0.5, 0.6) is 11.5 Å². The van der Waals surface area contributed by atoms with E-state index in [1.54, 1.807) is 6.07 Å². The van der Waals surface area contributed by atoms with Crippen molar-refractivity contribution in [1.29, 1.82) is 0 Å². The fourth-order valence-electron chi connectivity index (χ4n) is 0.962. The Morgan fingerprint density at radius 3 is 2.73 bits per heavy atom. The maximum Gasteiger partial charge on any atom is 1.00 e. The van der Waals surface area contributed by atoms with Crippen LogP contribution in [0.25, 0.3) is 6.08 Å². The van der Waals surface area contributed by atoms with Gasteiger partial charge >= 0.3 is 51.4 Å². The molecule has 0 aliphatic carbocycles. The number of carbonyl (C=O) groups is 1. The Kier molecular flexibility index (Phi) is 6.87. The third-order valence-electron chi connectivity index (χ3n) is 1.62. The number of methoxy groups -OCH3 is 1. The second-order valence-electron chi connectivity index (χ2n) is 2.58. The van der Waals surface area contributed by atoms with Crippen molar-refractivity contribution in [3.8, 4) is 11.5 Å². The monoisotopic (exact) mass is 232 g/mol. The number of rotatable bonds is 3. The molecule has 1 N–H and O–H groups in total. The summed E-state index contributed by atoms with van der Waals surface area (Å²) in [5.74, 6) is -0.958. The molecule has 5 heteroatoms. The van der Waals surface area contributed by atoms with Crippen LogP contribution in [0.1, 0.15) is 5.56 Å². The van der Waals surface area contributed by atoms with Gasteiger partial charge < -0.3 is 19.7 Å². The van der Waals surface area contributed by atoms with Crippen molar-refractivity contribution in [3.63, 3.8) is 0 Å². The minimum absolute atomic E-state index is 0. The summed E-state index contributed by atoms with van der Waals surface area (Å²) in [6.45, 7) is 0. The summed E-state index contributed by atoms with van der Waals surface area (Å²) in [6, 6.07) is 4.51. The van der Waals surface area contributed by atoms with Gasteiger partial charge in [-0.05, 0) is 23.8 Å². The molecule has 0 fully saturated rings. The van der Waals surface area contributed by atoms with E-state index < -0.39 is 5.97 Å². The van der Waals surface area contributed by atoms with Crippen molar-refractivity contribution >= 4 is 12.0 Å². The molecule has 4 nitrogen and oxygen atoms in total. The number of carboxylic acid groups (broad SMARTS) is 1. The van der Waals surface area contributed by atoms with Gasteiger partial charge in [0.25, 0.3) is 0 Å². The molecule has 0 heterocycles. The first-order valence-corrected chi connectivity index (χ1v) is 3.89. The van der Waals surface area contributed by atoms with Crippen molar-refractivity contribution in [2.24, 2.45) is 0 Å². The Hall–Kier alpha value is -0.334. The van der Waals surface area contributed by atoms with Crippen LogP contribution in [0.15, 0.2) is 24.3 Å². The molecule has 0 aromatic heterocycles. The van der Waals surface area contributed by atoms with E-state index in [-0.39, 0.29) is 57.1 Å². The van der Waals surface area contributed by atoms with Crippen LogP contribution in [0.2, 0.25) is 0 Å². The third kappa shape index (κ3) is 4.81. The van der Waals surface area contributed by atoms with Crippen LogP contribution in [0.3, 0.4) is 0 Å². The van der Waals surface area contributed by atoms with Gasteiger partial charge in [-0.1, -0.05) is 12.1 Å². The molecule has 1 rings (SSSR count). The first kappa shape index (κ1) is 14.7. The van der Waals surface area contributed by atoms with Gasteiger partial charge in [0.2, 0.25) is 0 Å². The van der Waals surface area contributed by atoms with Gasteiger partial charge in [0, 0.05) is 0 Å². The van der Waals surface area contributed by atoms with Crippen LogP contribution in [0, 0.1) is 0 Å². The topological polar surface area (TPSA) is 69.6 Å². The van der Waals surface area contributed by atoms with Gasteiger partial charge in [-0.3, -0.25) is 0 Å². The fraction of sp³-hybridized carbons (Fsp3) is 0.100. The van der Waals surface area contributed by atoms with Gasteiger partial charge in [-0.15, -0.1) is 0 Å². The molecule has 0 saturated heterocycles. The zero-order chi connectivity index (χ0) is 10.6. The van der Waals surface area contributed by atoms with Crippen molar-refractivity contribution in [2.75, 3.05) is 7.11 Å². The molecule has 0 unspecified atom stereocenters. The number of carboxylic acids is 1. The van der Waals surface area contributed by atoms with Crippen LogP contribution < -0.4 is 61.2 Å². The smallest absolute Gasteiger partial charge is 0.545 e. The summed E-state index contributed by atoms with van der Waals surface area (Å²) in [6.07, 6.45) is 2.27. The minimum Gasteiger partial charge on any atom is -0.545 e. The van der Waals surface area contributed by atoms with E-state index in [1.165, 1.54) is 25.3 Å². The number of ether oxygens (including phenoxy) is 1. The number of aromatic hydroxyl groups is 1. The molecular formula is C10H9KO4. The number of hydrogen-bond donors (Lipinski definition) is 1. The fourth-order valence-corrected chi connectivity index (χ4v) is 0.962. The maximum atomic E-state index is 10.1. The van der Waals surface area contributed by atoms with Crippen LogP contribution in [-0.2, 0) is 4.79 Å². The van der Waals surface area contributed by atoms with E-state index >= 15 is 0 Å². The van der Waals surface area contributed by atoms with E-state index in [0.717, 1.165) is 6.08 Å². The molecule has 0 spiro atoms. The number of hydrogen-bond acceptors (Lipinski definition) is 4. The molecule has 0 bridgehead atoms. The van der Waals surface area contributed by atoms with E-state index in [2.05, 4.69) is 0 Å². The van der Waals surface area contributed by atoms with Crippen molar-refractivity contribution in [3.05, 3.63) is 29.8 Å². The first-order chi connectivity index (χ1) is 6.63. The zero-order valence-electron chi connectivity index (χ0n) is 8.56. The summed E-state index contributed by atoms with van der Waals surface area (Å²) in [5, 5.41) is 19.4. The Labute approximate surface area is 130 Å². The van der Waals surface area contributed by atoms with E-state index in [0.29, 0.717) is 11.3 Å². The summed E-state index contributed by atoms with van der Waals surface area (Å²) in [5.41, 5.74) is 0.615. The van der Waals surface area contributed by atoms with E-state index in [1.807, 2.05) is 0 Å². The van der Waals surface area contributed by atoms with Crippen LogP contribution in [0.4, 0.5) is 0 Å². The van der Waals surface area contributed by atoms with Crippen LogP contribution in [-0.4, -0.2) is 18.2 Å². The van der Waals surface area contributed by atoms with Gasteiger partial charge in [0.15, 0.2) is 11.5 Å². The summed E-state index contributed by atoms with van der Waals surface area (Å²) in [7, 11) is 1.42. The van der Waals surface area contributed by atoms with Crippen molar-refractivity contribution in [1.82, 2.24) is 0 Å². The van der Waals surface area contributed by atoms with Crippen molar-refractivity contribution < 1.29 is 71.1 Å². The van der Waals surface area contributed by atoms with Gasteiger partial charge in [-0.2, -0.15) is 0 Å². The number of phenols is 1. The SMILES string of the molecule is COc1cc(/C=C/C(=O)[O-])ccc1O.[K+]. The molecule has 15 heavy (non-hydrogen) atoms. The van der Waals surface area contributed by atoms with E-state index in [4.69, 9.17) is 4.74 Å². The normalized spacial score (nSPS) is 9.67. The van der Waals surface area contributed by atoms with Gasteiger partial charge in [-0.25, -0.2) is 0 Å². The Morgan fingerprint density at radius 1 is 1.53 bits per heavy atom. The third-order valence-corrected chi connectivity index (χ3v) is 1.62. The summed E-state index contributed by atoms with van der Waals surface area (Å²) < 4.78 is 4.85. The molecule has 1 aromatic carbocycles. The molecule has 1 aromatic rings. The van der Waals surface area contributed by atoms with Crippen molar-refractivity contribution in [2.45, 2.75) is 0 Å². The number of aliphatic carboxylic acids is 1. The number of carbonyl (C=O) groups excluding carboxylic acids is 1. The molecule has 0 saturated carbocycles. The Balaban J connectivity index is 0.00000196. The molecule has 0 atom stereocenters. The molecule has 0 aliphatic rings. The zero-order valence-corrected chi connectivity index (χ0v) is 11.7. The summed E-state index contributed by atoms with van der Waals surface area (Å²) in [4.78, 5) is 10.1. The average Bonchev–Trinajstić information content (AvgIpc) is 2.16. The Morgan fingerprint density at radius 2 is 2.20 bits per heavy atom. The van der Waals surface area contributed by atoms with E-state index in [9.17, 15) is 15.0 Å². The largest absolute Gasteiger partial charge is 1.00 e. The van der Waals surface area contributed by atoms with Gasteiger partial charge in [0.05, 0.1) is 13.1 Å². The molecule has 0 aliphatic heterocycles. The second-order valence-corrected chi connectivity index (χ2v) is 2.58. The average molecular weight is 232 g/mol. The second kappa shape index (κ2) is 7.03. The maximum absolute atomic E-state index is 10.1.